The van der Waals surface area contributed by atoms with Crippen LogP contribution in [0.3, 0.4) is 0 Å². The number of carboxylic acid groups (broad SMARTS) is 1. The summed E-state index contributed by atoms with van der Waals surface area (Å²) < 4.78 is 0.447. The van der Waals surface area contributed by atoms with Crippen molar-refractivity contribution in [2.75, 3.05) is 0 Å². The number of hydrogen-bond donors (Lipinski definition) is 1. The Kier molecular flexibility index (Phi) is 4.57. The van der Waals surface area contributed by atoms with Gasteiger partial charge < -0.3 is 5.11 Å². The van der Waals surface area contributed by atoms with Crippen molar-refractivity contribution in [2.24, 2.45) is 0 Å². The Morgan fingerprint density at radius 1 is 1.33 bits per heavy atom. The molecule has 1 aromatic carbocycles. The third kappa shape index (κ3) is 3.97. The summed E-state index contributed by atoms with van der Waals surface area (Å²) in [6, 6.07) is 7.46. The van der Waals surface area contributed by atoms with Gasteiger partial charge >= 0.3 is 5.97 Å². The summed E-state index contributed by atoms with van der Waals surface area (Å²) in [6.45, 7) is 0. The van der Waals surface area contributed by atoms with Crippen LogP contribution in [0.4, 0.5) is 0 Å². The topological polar surface area (TPSA) is 63.1 Å². The molecule has 0 aliphatic carbocycles. The molecule has 1 heterocycles. The molecule has 0 fully saturated rings. The maximum absolute atomic E-state index is 10.5. The maximum atomic E-state index is 10.5. The Morgan fingerprint density at radius 2 is 2.06 bits per heavy atom. The maximum Gasteiger partial charge on any atom is 0.307 e. The summed E-state index contributed by atoms with van der Waals surface area (Å²) in [7, 11) is 0. The van der Waals surface area contributed by atoms with Crippen LogP contribution in [0.5, 0.6) is 0 Å². The minimum atomic E-state index is -0.820. The quantitative estimate of drug-likeness (QED) is 0.860. The molecule has 0 aliphatic heterocycles. The zero-order valence-corrected chi connectivity index (χ0v) is 11.6. The lowest BCUT2D eigenvalue weighted by atomic mass is 10.2. The third-order valence-electron chi connectivity index (χ3n) is 2.08. The summed E-state index contributed by atoms with van der Waals surface area (Å²) in [5.74, 6) is -0.109. The predicted octanol–water partition coefficient (Wildman–Crippen LogP) is 3.11. The number of rotatable bonds is 5. The zero-order chi connectivity index (χ0) is 13.0. The summed E-state index contributed by atoms with van der Waals surface area (Å²) in [6.07, 6.45) is 0.0525. The minimum Gasteiger partial charge on any atom is -0.481 e. The lowest BCUT2D eigenvalue weighted by Crippen LogP contribution is -1.99. The fraction of sp³-hybridized carbons (Fsp3) is 0.182. The van der Waals surface area contributed by atoms with Gasteiger partial charge in [-0.05, 0) is 29.3 Å². The fourth-order valence-corrected chi connectivity index (χ4v) is 3.07. The highest BCUT2D eigenvalue weighted by Gasteiger charge is 2.04. The smallest absolute Gasteiger partial charge is 0.307 e. The number of thioether (sulfide) groups is 1. The van der Waals surface area contributed by atoms with Gasteiger partial charge in [0.1, 0.15) is 5.01 Å². The monoisotopic (exact) mass is 300 g/mol. The van der Waals surface area contributed by atoms with E-state index in [9.17, 15) is 4.79 Å². The highest BCUT2D eigenvalue weighted by Crippen LogP contribution is 2.25. The third-order valence-corrected chi connectivity index (χ3v) is 4.31. The molecule has 0 saturated heterocycles. The Morgan fingerprint density at radius 3 is 2.61 bits per heavy atom. The van der Waals surface area contributed by atoms with E-state index < -0.39 is 5.97 Å². The first-order chi connectivity index (χ1) is 8.63. The van der Waals surface area contributed by atoms with Crippen molar-refractivity contribution in [2.45, 2.75) is 17.1 Å². The van der Waals surface area contributed by atoms with E-state index in [-0.39, 0.29) is 6.42 Å². The number of carboxylic acids is 1. The summed E-state index contributed by atoms with van der Waals surface area (Å²) >= 11 is 8.67. The van der Waals surface area contributed by atoms with Crippen molar-refractivity contribution >= 4 is 40.7 Å². The van der Waals surface area contributed by atoms with Gasteiger partial charge in [0.05, 0.1) is 12.2 Å². The number of benzene rings is 1. The van der Waals surface area contributed by atoms with Crippen molar-refractivity contribution in [3.8, 4) is 0 Å². The summed E-state index contributed by atoms with van der Waals surface area (Å²) in [5.41, 5.74) is 0.797. The Bertz CT molecular complexity index is 542. The number of halogens is 1. The van der Waals surface area contributed by atoms with Gasteiger partial charge in [-0.2, -0.15) is 0 Å². The molecule has 0 atom stereocenters. The van der Waals surface area contributed by atoms with Crippen LogP contribution in [0.2, 0.25) is 4.47 Å². The van der Waals surface area contributed by atoms with Crippen LogP contribution in [0.15, 0.2) is 29.2 Å². The van der Waals surface area contributed by atoms with Gasteiger partial charge in [0.2, 0.25) is 4.47 Å². The largest absolute Gasteiger partial charge is 0.481 e. The molecule has 0 amide bonds. The number of hydrogen-bond acceptors (Lipinski definition) is 5. The van der Waals surface area contributed by atoms with E-state index in [1.54, 1.807) is 11.8 Å². The van der Waals surface area contributed by atoms with E-state index >= 15 is 0 Å². The molecule has 0 radical (unpaired) electrons. The molecule has 7 heteroatoms. The van der Waals surface area contributed by atoms with Gasteiger partial charge in [-0.25, -0.2) is 0 Å². The van der Waals surface area contributed by atoms with Gasteiger partial charge in [0.15, 0.2) is 0 Å². The minimum absolute atomic E-state index is 0.0525. The second kappa shape index (κ2) is 6.17. The molecule has 0 bridgehead atoms. The lowest BCUT2D eigenvalue weighted by molar-refractivity contribution is -0.136. The van der Waals surface area contributed by atoms with Crippen molar-refractivity contribution in [3.63, 3.8) is 0 Å². The molecule has 0 saturated carbocycles. The van der Waals surface area contributed by atoms with Gasteiger partial charge in [-0.1, -0.05) is 23.5 Å². The summed E-state index contributed by atoms with van der Waals surface area (Å²) in [4.78, 5) is 11.6. The van der Waals surface area contributed by atoms with Crippen molar-refractivity contribution in [1.29, 1.82) is 0 Å². The zero-order valence-electron chi connectivity index (χ0n) is 9.17. The number of nitrogens with zero attached hydrogens (tertiary/aromatic N) is 2. The molecule has 0 unspecified atom stereocenters. The molecule has 2 aromatic rings. The van der Waals surface area contributed by atoms with Gasteiger partial charge in [0, 0.05) is 4.90 Å². The van der Waals surface area contributed by atoms with Crippen LogP contribution in [0.25, 0.3) is 0 Å². The fourth-order valence-electron chi connectivity index (χ4n) is 1.31. The molecular weight excluding hydrogens is 292 g/mol. The molecule has 4 nitrogen and oxygen atoms in total. The molecular formula is C11H9ClN2O2S2. The van der Waals surface area contributed by atoms with E-state index in [1.165, 1.54) is 11.3 Å². The van der Waals surface area contributed by atoms with Crippen molar-refractivity contribution in [1.82, 2.24) is 10.2 Å². The van der Waals surface area contributed by atoms with E-state index in [0.29, 0.717) is 10.2 Å². The molecule has 1 aromatic heterocycles. The van der Waals surface area contributed by atoms with E-state index in [2.05, 4.69) is 10.2 Å². The molecule has 94 valence electrons. The molecule has 2 rings (SSSR count). The van der Waals surface area contributed by atoms with Gasteiger partial charge in [0.25, 0.3) is 0 Å². The second-order valence-electron chi connectivity index (χ2n) is 3.45. The highest BCUT2D eigenvalue weighted by molar-refractivity contribution is 7.98. The predicted molar refractivity (Wildman–Crippen MR) is 72.3 cm³/mol. The van der Waals surface area contributed by atoms with Crippen molar-refractivity contribution < 1.29 is 9.90 Å². The van der Waals surface area contributed by atoms with Crippen molar-refractivity contribution in [3.05, 3.63) is 39.3 Å². The second-order valence-corrected chi connectivity index (χ2v) is 6.14. The van der Waals surface area contributed by atoms with Crippen LogP contribution < -0.4 is 0 Å². The van der Waals surface area contributed by atoms with E-state index in [0.717, 1.165) is 15.5 Å². The summed E-state index contributed by atoms with van der Waals surface area (Å²) in [5, 5.41) is 17.2. The number of aliphatic carboxylic acids is 1. The molecule has 1 N–H and O–H groups in total. The van der Waals surface area contributed by atoms with Crippen LogP contribution in [-0.2, 0) is 17.0 Å². The Balaban J connectivity index is 1.92. The first-order valence-corrected chi connectivity index (χ1v) is 7.23. The van der Waals surface area contributed by atoms with Crippen LogP contribution in [0.1, 0.15) is 10.6 Å². The molecule has 18 heavy (non-hydrogen) atoms. The average Bonchev–Trinajstić information content (AvgIpc) is 2.74. The molecule has 0 spiro atoms. The van der Waals surface area contributed by atoms with Crippen LogP contribution in [-0.4, -0.2) is 21.3 Å². The van der Waals surface area contributed by atoms with Crippen LogP contribution >= 0.6 is 34.7 Å². The standard InChI is InChI=1S/C11H9ClN2O2S2/c12-11-14-13-9(18-11)6-17-8-3-1-7(2-4-8)5-10(15)16/h1-4H,5-6H2,(H,15,16). The highest BCUT2D eigenvalue weighted by atomic mass is 35.5. The molecule has 0 aliphatic rings. The van der Waals surface area contributed by atoms with Crippen LogP contribution in [0, 0.1) is 0 Å². The number of aromatic nitrogens is 2. The SMILES string of the molecule is O=C(O)Cc1ccc(SCc2nnc(Cl)s2)cc1. The van der Waals surface area contributed by atoms with Gasteiger partial charge in [-0.15, -0.1) is 22.0 Å². The Labute approximate surface area is 117 Å². The van der Waals surface area contributed by atoms with E-state index in [1.807, 2.05) is 24.3 Å². The lowest BCUT2D eigenvalue weighted by Gasteiger charge is -2.01. The Hall–Kier alpha value is -1.11. The van der Waals surface area contributed by atoms with Gasteiger partial charge in [-0.3, -0.25) is 4.79 Å². The normalized spacial score (nSPS) is 10.5. The van der Waals surface area contributed by atoms with E-state index in [4.69, 9.17) is 16.7 Å². The average molecular weight is 301 g/mol. The first kappa shape index (κ1) is 13.3. The number of carbonyl (C=O) groups is 1. The first-order valence-electron chi connectivity index (χ1n) is 5.05.